The van der Waals surface area contributed by atoms with Gasteiger partial charge in [-0.05, 0) is 30.3 Å². The highest BCUT2D eigenvalue weighted by atomic mass is 16.6. The largest absolute Gasteiger partial charge is 0.508 e. The molecule has 132 valence electrons. The van der Waals surface area contributed by atoms with Crippen molar-refractivity contribution in [2.75, 3.05) is 17.7 Å². The predicted octanol–water partition coefficient (Wildman–Crippen LogP) is 2.77. The van der Waals surface area contributed by atoms with E-state index in [1.54, 1.807) is 6.07 Å². The van der Waals surface area contributed by atoms with E-state index >= 15 is 0 Å². The minimum absolute atomic E-state index is 0.0472. The highest BCUT2D eigenvalue weighted by molar-refractivity contribution is 6.06. The van der Waals surface area contributed by atoms with Crippen LogP contribution >= 0.6 is 0 Å². The van der Waals surface area contributed by atoms with Gasteiger partial charge in [-0.15, -0.1) is 0 Å². The van der Waals surface area contributed by atoms with Crippen LogP contribution in [0.5, 0.6) is 11.5 Å². The minimum atomic E-state index is -0.661. The van der Waals surface area contributed by atoms with E-state index in [1.165, 1.54) is 55.8 Å². The lowest BCUT2D eigenvalue weighted by Crippen LogP contribution is -2.14. The van der Waals surface area contributed by atoms with E-state index in [-0.39, 0.29) is 22.8 Å². The van der Waals surface area contributed by atoms with Crippen LogP contribution in [-0.2, 0) is 4.79 Å². The fourth-order valence-corrected chi connectivity index (χ4v) is 1.95. The van der Waals surface area contributed by atoms with Gasteiger partial charge in [0.2, 0.25) is 0 Å². The average Bonchev–Trinajstić information content (AvgIpc) is 2.64. The number of hydrogen-bond donors (Lipinski definition) is 3. The van der Waals surface area contributed by atoms with Crippen LogP contribution in [0.15, 0.2) is 54.2 Å². The highest BCUT2D eigenvalue weighted by Gasteiger charge is 2.13. The number of anilines is 2. The highest BCUT2D eigenvalue weighted by Crippen LogP contribution is 2.29. The molecule has 0 saturated heterocycles. The molecule has 9 heteroatoms. The van der Waals surface area contributed by atoms with Gasteiger partial charge in [0, 0.05) is 18.0 Å². The van der Waals surface area contributed by atoms with Crippen LogP contribution in [-0.4, -0.2) is 23.0 Å². The SMILES string of the molecule is COc1cc([N+](=O)[O-])ccc1N/C=C(/C#N)C(=O)Nc1ccc(O)cc1. The molecule has 0 atom stereocenters. The smallest absolute Gasteiger partial charge is 0.273 e. The number of carbonyl (C=O) groups is 1. The van der Waals surface area contributed by atoms with E-state index in [4.69, 9.17) is 10.00 Å². The zero-order chi connectivity index (χ0) is 19.1. The Bertz CT molecular complexity index is 900. The van der Waals surface area contributed by atoms with Crippen LogP contribution in [0.4, 0.5) is 17.1 Å². The van der Waals surface area contributed by atoms with Gasteiger partial charge < -0.3 is 20.5 Å². The molecule has 0 aliphatic rings. The van der Waals surface area contributed by atoms with Gasteiger partial charge in [0.1, 0.15) is 23.1 Å². The second kappa shape index (κ2) is 8.16. The Morgan fingerprint density at radius 2 is 2.00 bits per heavy atom. The van der Waals surface area contributed by atoms with Gasteiger partial charge in [-0.25, -0.2) is 0 Å². The van der Waals surface area contributed by atoms with Gasteiger partial charge in [0.15, 0.2) is 0 Å². The van der Waals surface area contributed by atoms with Crippen LogP contribution in [0.25, 0.3) is 0 Å². The number of amides is 1. The maximum atomic E-state index is 12.1. The number of phenolic OH excluding ortho intramolecular Hbond substituents is 1. The molecule has 2 rings (SSSR count). The van der Waals surface area contributed by atoms with Gasteiger partial charge >= 0.3 is 0 Å². The number of rotatable bonds is 6. The second-order valence-electron chi connectivity index (χ2n) is 4.96. The lowest BCUT2D eigenvalue weighted by Gasteiger charge is -2.09. The van der Waals surface area contributed by atoms with Crippen molar-refractivity contribution < 1.29 is 19.6 Å². The van der Waals surface area contributed by atoms with Crippen LogP contribution < -0.4 is 15.4 Å². The Morgan fingerprint density at radius 3 is 2.58 bits per heavy atom. The van der Waals surface area contributed by atoms with Crippen LogP contribution in [0, 0.1) is 21.4 Å². The number of nitro benzene ring substituents is 1. The first-order chi connectivity index (χ1) is 12.4. The van der Waals surface area contributed by atoms with Crippen molar-refractivity contribution in [3.63, 3.8) is 0 Å². The number of phenols is 1. The predicted molar refractivity (Wildman–Crippen MR) is 93.7 cm³/mol. The average molecular weight is 354 g/mol. The molecule has 0 aliphatic carbocycles. The standard InChI is InChI=1S/C17H14N4O5/c1-26-16-8-13(21(24)25)4-7-15(16)19-10-11(9-18)17(23)20-12-2-5-14(22)6-3-12/h2-8,10,19,22H,1H3,(H,20,23)/b11-10-. The molecule has 0 heterocycles. The van der Waals surface area contributed by atoms with Gasteiger partial charge in [0.25, 0.3) is 11.6 Å². The van der Waals surface area contributed by atoms with Crippen molar-refractivity contribution in [2.24, 2.45) is 0 Å². The molecule has 0 aliphatic heterocycles. The molecular formula is C17H14N4O5. The molecule has 0 saturated carbocycles. The summed E-state index contributed by atoms with van der Waals surface area (Å²) in [6.45, 7) is 0. The zero-order valence-corrected chi connectivity index (χ0v) is 13.6. The lowest BCUT2D eigenvalue weighted by molar-refractivity contribution is -0.384. The second-order valence-corrected chi connectivity index (χ2v) is 4.96. The molecule has 26 heavy (non-hydrogen) atoms. The number of carbonyl (C=O) groups excluding carboxylic acids is 1. The van der Waals surface area contributed by atoms with E-state index in [1.807, 2.05) is 0 Å². The Balaban J connectivity index is 2.16. The molecule has 2 aromatic rings. The number of nitriles is 1. The lowest BCUT2D eigenvalue weighted by atomic mass is 10.2. The number of hydrogen-bond acceptors (Lipinski definition) is 7. The molecule has 0 radical (unpaired) electrons. The quantitative estimate of drug-likeness (QED) is 0.238. The molecular weight excluding hydrogens is 340 g/mol. The Labute approximate surface area is 148 Å². The summed E-state index contributed by atoms with van der Waals surface area (Å²) in [6.07, 6.45) is 1.17. The summed E-state index contributed by atoms with van der Waals surface area (Å²) in [5.41, 5.74) is 0.380. The Kier molecular flexibility index (Phi) is 5.74. The number of nitrogens with one attached hydrogen (secondary N) is 2. The van der Waals surface area contributed by atoms with Crippen LogP contribution in [0.1, 0.15) is 0 Å². The first-order valence-corrected chi connectivity index (χ1v) is 7.24. The molecule has 0 fully saturated rings. The van der Waals surface area contributed by atoms with E-state index in [0.717, 1.165) is 0 Å². The minimum Gasteiger partial charge on any atom is -0.508 e. The van der Waals surface area contributed by atoms with E-state index in [9.17, 15) is 20.0 Å². The molecule has 0 unspecified atom stereocenters. The number of nitrogens with zero attached hydrogens (tertiary/aromatic N) is 2. The van der Waals surface area contributed by atoms with Crippen LogP contribution in [0.2, 0.25) is 0 Å². The van der Waals surface area contributed by atoms with E-state index in [0.29, 0.717) is 11.4 Å². The number of non-ortho nitro benzene ring substituents is 1. The number of nitro groups is 1. The summed E-state index contributed by atoms with van der Waals surface area (Å²) in [7, 11) is 1.34. The number of methoxy groups -OCH3 is 1. The normalized spacial score (nSPS) is 10.5. The molecule has 3 N–H and O–H groups in total. The number of benzene rings is 2. The third-order valence-electron chi connectivity index (χ3n) is 3.26. The van der Waals surface area contributed by atoms with Gasteiger partial charge in [-0.2, -0.15) is 5.26 Å². The summed E-state index contributed by atoms with van der Waals surface area (Å²) in [5, 5.41) is 34.4. The van der Waals surface area contributed by atoms with Gasteiger partial charge in [0.05, 0.1) is 23.8 Å². The van der Waals surface area contributed by atoms with Gasteiger partial charge in [-0.3, -0.25) is 14.9 Å². The summed E-state index contributed by atoms with van der Waals surface area (Å²) in [6, 6.07) is 11.4. The first-order valence-electron chi connectivity index (χ1n) is 7.24. The van der Waals surface area contributed by atoms with Crippen molar-refractivity contribution in [1.82, 2.24) is 0 Å². The van der Waals surface area contributed by atoms with Crippen molar-refractivity contribution >= 4 is 23.0 Å². The molecule has 2 aromatic carbocycles. The Hall–Kier alpha value is -4.06. The topological polar surface area (TPSA) is 138 Å². The number of aromatic hydroxyl groups is 1. The fraction of sp³-hybridized carbons (Fsp3) is 0.0588. The maximum Gasteiger partial charge on any atom is 0.273 e. The molecule has 0 bridgehead atoms. The van der Waals surface area contributed by atoms with Gasteiger partial charge in [-0.1, -0.05) is 0 Å². The molecule has 0 spiro atoms. The Morgan fingerprint density at radius 1 is 1.31 bits per heavy atom. The molecule has 1 amide bonds. The number of ether oxygens (including phenoxy) is 1. The van der Waals surface area contributed by atoms with Crippen LogP contribution in [0.3, 0.4) is 0 Å². The van der Waals surface area contributed by atoms with Crippen molar-refractivity contribution in [1.29, 1.82) is 5.26 Å². The maximum absolute atomic E-state index is 12.1. The monoisotopic (exact) mass is 354 g/mol. The summed E-state index contributed by atoms with van der Waals surface area (Å²) >= 11 is 0. The third kappa shape index (κ3) is 4.48. The summed E-state index contributed by atoms with van der Waals surface area (Å²) < 4.78 is 5.07. The van der Waals surface area contributed by atoms with E-state index in [2.05, 4.69) is 10.6 Å². The van der Waals surface area contributed by atoms with Crippen molar-refractivity contribution in [3.8, 4) is 17.6 Å². The third-order valence-corrected chi connectivity index (χ3v) is 3.26. The fourth-order valence-electron chi connectivity index (χ4n) is 1.95. The van der Waals surface area contributed by atoms with Crippen molar-refractivity contribution in [3.05, 3.63) is 64.4 Å². The van der Waals surface area contributed by atoms with E-state index < -0.39 is 10.8 Å². The van der Waals surface area contributed by atoms with Crippen molar-refractivity contribution in [2.45, 2.75) is 0 Å². The first kappa shape index (κ1) is 18.3. The molecule has 0 aromatic heterocycles. The summed E-state index contributed by atoms with van der Waals surface area (Å²) in [4.78, 5) is 22.3. The zero-order valence-electron chi connectivity index (χ0n) is 13.6. The summed E-state index contributed by atoms with van der Waals surface area (Å²) in [5.74, 6) is -0.427. The molecule has 9 nitrogen and oxygen atoms in total.